The van der Waals surface area contributed by atoms with Gasteiger partial charge in [-0.05, 0) is 161 Å². The SMILES string of the molecule is CC1(C)c2ccc(-c3cccc(-c4c5ccccc5c(-c5ccc6c(c5)C5(c7ccccc7-c7ccccc75)c5ccccc5-6)c5ccccc45)c3)cc2-c2c1c1ccccc1c1ccccc21. The maximum Gasteiger partial charge on any atom is 0.0725 e. The molecule has 0 saturated carbocycles. The standard InChI is InChI=1S/C68H44/c1-67(2)58-37-35-42(39-57(58)65-51-25-5-3-20-45(51)46-21-4-10-30-56(46)66(65)67)41-18-17-19-43(38-41)63-52-26-6-8-28-54(52)64(55-29-9-7-27-53(55)63)44-34-36-50-49-24-13-16-33-61(49)68(62(50)40-44)59-31-14-11-22-47(59)48-23-12-15-32-60(48)68/h3-40H,1-2H3. The summed E-state index contributed by atoms with van der Waals surface area (Å²) in [6.45, 7) is 4.82. The van der Waals surface area contributed by atoms with Crippen molar-refractivity contribution in [2.75, 3.05) is 0 Å². The van der Waals surface area contributed by atoms with Crippen LogP contribution in [0.2, 0.25) is 0 Å². The first-order valence-electron chi connectivity index (χ1n) is 24.1. The molecule has 0 N–H and O–H groups in total. The topological polar surface area (TPSA) is 0 Å². The third-order valence-corrected chi connectivity index (χ3v) is 16.2. The molecule has 0 atom stereocenters. The van der Waals surface area contributed by atoms with Crippen LogP contribution in [0.15, 0.2) is 231 Å². The van der Waals surface area contributed by atoms with Crippen LogP contribution in [-0.4, -0.2) is 0 Å². The molecule has 3 aliphatic rings. The molecular formula is C68H44. The number of fused-ring (bicyclic) bond motifs is 20. The van der Waals surface area contributed by atoms with Gasteiger partial charge < -0.3 is 0 Å². The smallest absolute Gasteiger partial charge is 0.0619 e. The van der Waals surface area contributed by atoms with E-state index in [9.17, 15) is 0 Å². The van der Waals surface area contributed by atoms with Crippen molar-refractivity contribution in [1.82, 2.24) is 0 Å². The minimum absolute atomic E-state index is 0.135. The van der Waals surface area contributed by atoms with Gasteiger partial charge in [0.15, 0.2) is 0 Å². The summed E-state index contributed by atoms with van der Waals surface area (Å²) >= 11 is 0. The highest BCUT2D eigenvalue weighted by atomic mass is 14.5. The molecule has 3 aliphatic carbocycles. The van der Waals surface area contributed by atoms with E-state index in [2.05, 4.69) is 244 Å². The first-order valence-corrected chi connectivity index (χ1v) is 24.1. The fourth-order valence-electron chi connectivity index (χ4n) is 13.5. The first-order chi connectivity index (χ1) is 33.5. The summed E-state index contributed by atoms with van der Waals surface area (Å²) in [5.74, 6) is 0. The Balaban J connectivity index is 0.925. The number of rotatable bonds is 3. The van der Waals surface area contributed by atoms with Crippen molar-refractivity contribution >= 4 is 43.1 Å². The molecule has 0 aliphatic heterocycles. The van der Waals surface area contributed by atoms with Gasteiger partial charge in [0.25, 0.3) is 0 Å². The van der Waals surface area contributed by atoms with Crippen molar-refractivity contribution in [2.24, 2.45) is 0 Å². The zero-order chi connectivity index (χ0) is 44.9. The largest absolute Gasteiger partial charge is 0.0725 e. The van der Waals surface area contributed by atoms with E-state index >= 15 is 0 Å². The van der Waals surface area contributed by atoms with E-state index < -0.39 is 5.41 Å². The second-order valence-electron chi connectivity index (χ2n) is 19.8. The fourth-order valence-corrected chi connectivity index (χ4v) is 13.5. The van der Waals surface area contributed by atoms with Crippen molar-refractivity contribution in [3.8, 4) is 66.8 Å². The average molecular weight is 861 g/mol. The lowest BCUT2D eigenvalue weighted by Gasteiger charge is -2.30. The Kier molecular flexibility index (Phi) is 7.59. The Hall–Kier alpha value is -8.32. The molecule has 12 aromatic carbocycles. The van der Waals surface area contributed by atoms with E-state index in [0.29, 0.717) is 0 Å². The number of benzene rings is 12. The lowest BCUT2D eigenvalue weighted by atomic mass is 9.70. The second kappa shape index (κ2) is 13.6. The van der Waals surface area contributed by atoms with Gasteiger partial charge in [0.05, 0.1) is 5.41 Å². The van der Waals surface area contributed by atoms with Gasteiger partial charge in [0.1, 0.15) is 0 Å². The van der Waals surface area contributed by atoms with Gasteiger partial charge >= 0.3 is 0 Å². The zero-order valence-electron chi connectivity index (χ0n) is 37.9. The Bertz CT molecular complexity index is 4060. The Morgan fingerprint density at radius 1 is 0.235 bits per heavy atom. The van der Waals surface area contributed by atoms with Gasteiger partial charge in [-0.25, -0.2) is 0 Å². The van der Waals surface area contributed by atoms with Gasteiger partial charge in [-0.1, -0.05) is 226 Å². The molecule has 0 fully saturated rings. The molecule has 0 nitrogen and oxygen atoms in total. The van der Waals surface area contributed by atoms with Crippen LogP contribution >= 0.6 is 0 Å². The van der Waals surface area contributed by atoms with E-state index in [1.54, 1.807) is 0 Å². The van der Waals surface area contributed by atoms with E-state index in [1.165, 1.54) is 143 Å². The van der Waals surface area contributed by atoms with E-state index in [-0.39, 0.29) is 5.41 Å². The predicted octanol–water partition coefficient (Wildman–Crippen LogP) is 18.0. The average Bonchev–Trinajstić information content (AvgIpc) is 3.96. The summed E-state index contributed by atoms with van der Waals surface area (Å²) in [4.78, 5) is 0. The first kappa shape index (κ1) is 37.9. The van der Waals surface area contributed by atoms with Crippen molar-refractivity contribution in [1.29, 1.82) is 0 Å². The highest BCUT2D eigenvalue weighted by Gasteiger charge is 2.51. The normalized spacial score (nSPS) is 14.3. The van der Waals surface area contributed by atoms with Gasteiger partial charge in [-0.15, -0.1) is 0 Å². The molecule has 68 heavy (non-hydrogen) atoms. The summed E-state index contributed by atoms with van der Waals surface area (Å²) in [6, 6.07) is 87.4. The van der Waals surface area contributed by atoms with Gasteiger partial charge in [0.2, 0.25) is 0 Å². The zero-order valence-corrected chi connectivity index (χ0v) is 37.9. The number of hydrogen-bond acceptors (Lipinski definition) is 0. The van der Waals surface area contributed by atoms with Crippen LogP contribution in [-0.2, 0) is 10.8 Å². The Morgan fingerprint density at radius 3 is 1.19 bits per heavy atom. The fraction of sp³-hybridized carbons (Fsp3) is 0.0588. The molecule has 12 aromatic rings. The predicted molar refractivity (Wildman–Crippen MR) is 287 cm³/mol. The van der Waals surface area contributed by atoms with Crippen molar-refractivity contribution in [3.63, 3.8) is 0 Å². The third-order valence-electron chi connectivity index (χ3n) is 16.2. The molecule has 0 heterocycles. The number of hydrogen-bond donors (Lipinski definition) is 0. The summed E-state index contributed by atoms with van der Waals surface area (Å²) in [5.41, 5.74) is 23.3. The monoisotopic (exact) mass is 860 g/mol. The molecular weight excluding hydrogens is 817 g/mol. The lowest BCUT2D eigenvalue weighted by molar-refractivity contribution is 0.666. The highest BCUT2D eigenvalue weighted by molar-refractivity contribution is 6.22. The molecule has 0 heteroatoms. The van der Waals surface area contributed by atoms with Crippen molar-refractivity contribution < 1.29 is 0 Å². The molecule has 0 radical (unpaired) electrons. The summed E-state index contributed by atoms with van der Waals surface area (Å²) in [7, 11) is 0. The van der Waals surface area contributed by atoms with Crippen LogP contribution in [0.25, 0.3) is 110 Å². The molecule has 0 bridgehead atoms. The maximum absolute atomic E-state index is 2.54. The summed E-state index contributed by atoms with van der Waals surface area (Å²) in [5, 5.41) is 10.4. The Labute approximate surface area is 396 Å². The quantitative estimate of drug-likeness (QED) is 0.123. The summed E-state index contributed by atoms with van der Waals surface area (Å²) in [6.07, 6.45) is 0. The van der Waals surface area contributed by atoms with Gasteiger partial charge in [0, 0.05) is 5.41 Å². The molecule has 1 spiro atoms. The van der Waals surface area contributed by atoms with Crippen LogP contribution < -0.4 is 0 Å². The Morgan fingerprint density at radius 2 is 0.632 bits per heavy atom. The van der Waals surface area contributed by atoms with Crippen LogP contribution in [0.5, 0.6) is 0 Å². The second-order valence-corrected chi connectivity index (χ2v) is 19.8. The van der Waals surface area contributed by atoms with Crippen LogP contribution in [0.4, 0.5) is 0 Å². The summed E-state index contributed by atoms with van der Waals surface area (Å²) < 4.78 is 0. The molecule has 0 amide bonds. The van der Waals surface area contributed by atoms with Crippen LogP contribution in [0.1, 0.15) is 47.2 Å². The van der Waals surface area contributed by atoms with E-state index in [0.717, 1.165) is 0 Å². The van der Waals surface area contributed by atoms with Crippen LogP contribution in [0, 0.1) is 0 Å². The van der Waals surface area contributed by atoms with Gasteiger partial charge in [-0.2, -0.15) is 0 Å². The van der Waals surface area contributed by atoms with E-state index in [4.69, 9.17) is 0 Å². The maximum atomic E-state index is 2.54. The highest BCUT2D eigenvalue weighted by Crippen LogP contribution is 2.63. The van der Waals surface area contributed by atoms with E-state index in [1.807, 2.05) is 0 Å². The molecule has 0 saturated heterocycles. The van der Waals surface area contributed by atoms with Crippen molar-refractivity contribution in [2.45, 2.75) is 24.7 Å². The molecule has 0 unspecified atom stereocenters. The van der Waals surface area contributed by atoms with Crippen LogP contribution in [0.3, 0.4) is 0 Å². The molecule has 15 rings (SSSR count). The molecule has 316 valence electrons. The lowest BCUT2D eigenvalue weighted by Crippen LogP contribution is -2.25. The van der Waals surface area contributed by atoms with Gasteiger partial charge in [-0.3, -0.25) is 0 Å². The minimum atomic E-state index is -0.405. The minimum Gasteiger partial charge on any atom is -0.0619 e. The van der Waals surface area contributed by atoms with Crippen molar-refractivity contribution in [3.05, 3.63) is 264 Å². The molecule has 0 aromatic heterocycles. The third kappa shape index (κ3) is 4.79.